The molecule has 2 rings (SSSR count). The molecule has 10 heavy (non-hydrogen) atoms. The van der Waals surface area contributed by atoms with Gasteiger partial charge in [0.05, 0.1) is 0 Å². The first-order valence-electron chi connectivity index (χ1n) is 3.94. The van der Waals surface area contributed by atoms with Gasteiger partial charge in [-0.25, -0.2) is 0 Å². The Hall–Kier alpha value is -0.590. The van der Waals surface area contributed by atoms with Gasteiger partial charge in [0.25, 0.3) is 0 Å². The van der Waals surface area contributed by atoms with Crippen LogP contribution in [0.2, 0.25) is 0 Å². The number of carbonyl (C=O) groups excluding carboxylic acids is 1. The zero-order valence-corrected chi connectivity index (χ0v) is 6.10. The molecule has 0 heterocycles. The Morgan fingerprint density at radius 1 is 1.70 bits per heavy atom. The number of fused-ring (bicyclic) bond motifs is 1. The molecule has 0 aromatic rings. The van der Waals surface area contributed by atoms with Gasteiger partial charge in [0.15, 0.2) is 0 Å². The quantitative estimate of drug-likeness (QED) is 0.418. The van der Waals surface area contributed by atoms with E-state index < -0.39 is 0 Å². The zero-order chi connectivity index (χ0) is 7.19. The number of hydrogen-bond acceptors (Lipinski definition) is 1. The first-order valence-corrected chi connectivity index (χ1v) is 3.94. The summed E-state index contributed by atoms with van der Waals surface area (Å²) in [5.74, 6) is 0.824. The number of hydrogen-bond donors (Lipinski definition) is 0. The molecule has 0 spiro atoms. The second-order valence-corrected chi connectivity index (χ2v) is 3.59. The van der Waals surface area contributed by atoms with E-state index in [-0.39, 0.29) is 0 Å². The minimum atomic E-state index is 0.307. The van der Waals surface area contributed by atoms with Gasteiger partial charge in [-0.15, -0.1) is 0 Å². The first-order chi connectivity index (χ1) is 4.79. The zero-order valence-electron chi connectivity index (χ0n) is 6.10. The number of aldehydes is 1. The third-order valence-electron chi connectivity index (χ3n) is 3.19. The molecule has 0 aromatic heterocycles. The van der Waals surface area contributed by atoms with Crippen LogP contribution in [-0.2, 0) is 4.79 Å². The lowest BCUT2D eigenvalue weighted by atomic mass is 9.96. The highest BCUT2D eigenvalue weighted by molar-refractivity contribution is 5.76. The summed E-state index contributed by atoms with van der Waals surface area (Å²) in [5.41, 5.74) is 1.16. The number of allylic oxidation sites excluding steroid dienone is 1. The fraction of sp³-hybridized carbons (Fsp3) is 0.667. The second kappa shape index (κ2) is 1.71. The fourth-order valence-corrected chi connectivity index (χ4v) is 2.40. The molecule has 2 fully saturated rings. The molecule has 0 radical (unpaired) electrons. The third-order valence-corrected chi connectivity index (χ3v) is 3.19. The summed E-state index contributed by atoms with van der Waals surface area (Å²) in [6.07, 6.45) is 6.04. The highest BCUT2D eigenvalue weighted by Crippen LogP contribution is 2.66. The van der Waals surface area contributed by atoms with Crippen LogP contribution < -0.4 is 0 Å². The molecule has 2 saturated carbocycles. The molecule has 1 nitrogen and oxygen atoms in total. The standard InChI is InChI=1S/C9H12O/c1-7(6-10)9-4-2-3-8(9)5-9/h6,8H,1-5H2. The van der Waals surface area contributed by atoms with Crippen molar-refractivity contribution >= 4 is 6.29 Å². The van der Waals surface area contributed by atoms with Crippen LogP contribution in [0.4, 0.5) is 0 Å². The number of rotatable bonds is 2. The van der Waals surface area contributed by atoms with Gasteiger partial charge in [0.2, 0.25) is 0 Å². The van der Waals surface area contributed by atoms with E-state index in [4.69, 9.17) is 0 Å². The highest BCUT2D eigenvalue weighted by atomic mass is 16.1. The Balaban J connectivity index is 2.17. The van der Waals surface area contributed by atoms with E-state index in [1.165, 1.54) is 25.7 Å². The van der Waals surface area contributed by atoms with E-state index in [2.05, 4.69) is 6.58 Å². The summed E-state index contributed by atoms with van der Waals surface area (Å²) in [6.45, 7) is 3.80. The summed E-state index contributed by atoms with van der Waals surface area (Å²) in [4.78, 5) is 10.4. The summed E-state index contributed by atoms with van der Waals surface area (Å²) >= 11 is 0. The van der Waals surface area contributed by atoms with Gasteiger partial charge in [-0.1, -0.05) is 13.0 Å². The van der Waals surface area contributed by atoms with Crippen molar-refractivity contribution in [3.63, 3.8) is 0 Å². The van der Waals surface area contributed by atoms with Crippen molar-refractivity contribution in [2.24, 2.45) is 11.3 Å². The SMILES string of the molecule is C=C(C=O)C12CCCC1C2. The van der Waals surface area contributed by atoms with Gasteiger partial charge < -0.3 is 0 Å². The highest BCUT2D eigenvalue weighted by Gasteiger charge is 2.58. The Bertz CT molecular complexity index is 195. The Morgan fingerprint density at radius 3 is 2.90 bits per heavy atom. The molecule has 2 aliphatic carbocycles. The molecule has 1 heteroatoms. The molecule has 0 saturated heterocycles. The van der Waals surface area contributed by atoms with Gasteiger partial charge in [0, 0.05) is 5.41 Å². The number of carbonyl (C=O) groups is 1. The molecule has 0 amide bonds. The maximum Gasteiger partial charge on any atom is 0.146 e. The van der Waals surface area contributed by atoms with E-state index in [9.17, 15) is 4.79 Å². The third kappa shape index (κ3) is 0.556. The van der Waals surface area contributed by atoms with Gasteiger partial charge >= 0.3 is 0 Å². The topological polar surface area (TPSA) is 17.1 Å². The molecule has 0 N–H and O–H groups in total. The molecule has 2 atom stereocenters. The molecule has 0 aromatic carbocycles. The van der Waals surface area contributed by atoms with Crippen LogP contribution in [-0.4, -0.2) is 6.29 Å². The van der Waals surface area contributed by atoms with Crippen molar-refractivity contribution in [2.45, 2.75) is 25.7 Å². The molecule has 2 aliphatic rings. The maximum atomic E-state index is 10.4. The van der Waals surface area contributed by atoms with Crippen LogP contribution >= 0.6 is 0 Å². The first kappa shape index (κ1) is 6.14. The van der Waals surface area contributed by atoms with Crippen molar-refractivity contribution in [1.82, 2.24) is 0 Å². The van der Waals surface area contributed by atoms with E-state index in [0.717, 1.165) is 17.8 Å². The predicted octanol–water partition coefficient (Wildman–Crippen LogP) is 1.93. The van der Waals surface area contributed by atoms with Crippen LogP contribution in [0.3, 0.4) is 0 Å². The van der Waals surface area contributed by atoms with Crippen LogP contribution in [0.1, 0.15) is 25.7 Å². The van der Waals surface area contributed by atoms with Gasteiger partial charge in [-0.2, -0.15) is 0 Å². The average molecular weight is 136 g/mol. The van der Waals surface area contributed by atoms with Crippen molar-refractivity contribution < 1.29 is 4.79 Å². The average Bonchev–Trinajstić information content (AvgIpc) is 2.54. The smallest absolute Gasteiger partial charge is 0.146 e. The van der Waals surface area contributed by atoms with Crippen LogP contribution in [0.15, 0.2) is 12.2 Å². The minimum absolute atomic E-state index is 0.307. The molecule has 54 valence electrons. The largest absolute Gasteiger partial charge is 0.298 e. The molecular weight excluding hydrogens is 124 g/mol. The van der Waals surface area contributed by atoms with Crippen molar-refractivity contribution in [2.75, 3.05) is 0 Å². The maximum absolute atomic E-state index is 10.4. The van der Waals surface area contributed by atoms with E-state index >= 15 is 0 Å². The van der Waals surface area contributed by atoms with Crippen molar-refractivity contribution in [3.05, 3.63) is 12.2 Å². The van der Waals surface area contributed by atoms with Gasteiger partial charge in [-0.05, 0) is 30.8 Å². The molecule has 2 unspecified atom stereocenters. The molecular formula is C9H12O. The summed E-state index contributed by atoms with van der Waals surface area (Å²) in [5, 5.41) is 0. The van der Waals surface area contributed by atoms with E-state index in [1.807, 2.05) is 0 Å². The van der Waals surface area contributed by atoms with Gasteiger partial charge in [0.1, 0.15) is 6.29 Å². The predicted molar refractivity (Wildman–Crippen MR) is 39.6 cm³/mol. The lowest BCUT2D eigenvalue weighted by Gasteiger charge is -2.07. The van der Waals surface area contributed by atoms with E-state index in [0.29, 0.717) is 5.41 Å². The summed E-state index contributed by atoms with van der Waals surface area (Å²) in [7, 11) is 0. The fourth-order valence-electron chi connectivity index (χ4n) is 2.40. The Labute approximate surface area is 61.1 Å². The van der Waals surface area contributed by atoms with Crippen LogP contribution in [0, 0.1) is 11.3 Å². The lowest BCUT2D eigenvalue weighted by molar-refractivity contribution is -0.105. The summed E-state index contributed by atoms with van der Waals surface area (Å²) in [6, 6.07) is 0. The Morgan fingerprint density at radius 2 is 2.50 bits per heavy atom. The monoisotopic (exact) mass is 136 g/mol. The summed E-state index contributed by atoms with van der Waals surface area (Å²) < 4.78 is 0. The Kier molecular flexibility index (Phi) is 1.05. The van der Waals surface area contributed by atoms with Crippen molar-refractivity contribution in [1.29, 1.82) is 0 Å². The van der Waals surface area contributed by atoms with Crippen LogP contribution in [0.5, 0.6) is 0 Å². The van der Waals surface area contributed by atoms with Crippen LogP contribution in [0.25, 0.3) is 0 Å². The van der Waals surface area contributed by atoms with Crippen molar-refractivity contribution in [3.8, 4) is 0 Å². The van der Waals surface area contributed by atoms with Gasteiger partial charge in [-0.3, -0.25) is 4.79 Å². The van der Waals surface area contributed by atoms with E-state index in [1.54, 1.807) is 0 Å². The molecule has 0 bridgehead atoms. The molecule has 0 aliphatic heterocycles. The minimum Gasteiger partial charge on any atom is -0.298 e. The second-order valence-electron chi connectivity index (χ2n) is 3.59. The normalized spacial score (nSPS) is 42.6. The lowest BCUT2D eigenvalue weighted by Crippen LogP contribution is -2.02.